The first-order valence-corrected chi connectivity index (χ1v) is 4.88. The van der Waals surface area contributed by atoms with Crippen molar-refractivity contribution in [3.8, 4) is 5.75 Å². The van der Waals surface area contributed by atoms with Crippen LogP contribution < -0.4 is 5.32 Å². The summed E-state index contributed by atoms with van der Waals surface area (Å²) in [6.07, 6.45) is 0. The van der Waals surface area contributed by atoms with Gasteiger partial charge in [0.15, 0.2) is 0 Å². The highest BCUT2D eigenvalue weighted by Crippen LogP contribution is 2.28. The number of ether oxygens (including phenoxy) is 1. The molecule has 0 aromatic heterocycles. The maximum atomic E-state index is 9.85. The van der Waals surface area contributed by atoms with E-state index in [0.717, 1.165) is 24.3 Å². The SMILES string of the molecule is Cc1cccc([C@H]2COCCN2)c1O. The van der Waals surface area contributed by atoms with Gasteiger partial charge in [0, 0.05) is 12.1 Å². The molecule has 0 unspecified atom stereocenters. The highest BCUT2D eigenvalue weighted by molar-refractivity contribution is 5.41. The Morgan fingerprint density at radius 3 is 3.07 bits per heavy atom. The van der Waals surface area contributed by atoms with Gasteiger partial charge in [0.2, 0.25) is 0 Å². The second-order valence-electron chi connectivity index (χ2n) is 3.59. The standard InChI is InChI=1S/C11H15NO2/c1-8-3-2-4-9(11(8)13)10-7-14-6-5-12-10/h2-4,10,12-13H,5-7H2,1H3/t10-/m1/s1. The molecule has 1 fully saturated rings. The number of morpholine rings is 1. The van der Waals surface area contributed by atoms with Crippen molar-refractivity contribution in [2.24, 2.45) is 0 Å². The lowest BCUT2D eigenvalue weighted by Crippen LogP contribution is -2.34. The molecule has 1 aromatic carbocycles. The Morgan fingerprint density at radius 1 is 1.50 bits per heavy atom. The quantitative estimate of drug-likeness (QED) is 0.707. The maximum absolute atomic E-state index is 9.85. The molecule has 0 bridgehead atoms. The summed E-state index contributed by atoms with van der Waals surface area (Å²) >= 11 is 0. The summed E-state index contributed by atoms with van der Waals surface area (Å²) in [4.78, 5) is 0. The van der Waals surface area contributed by atoms with E-state index < -0.39 is 0 Å². The van der Waals surface area contributed by atoms with Crippen LogP contribution in [0.5, 0.6) is 5.75 Å². The van der Waals surface area contributed by atoms with Crippen molar-refractivity contribution in [2.45, 2.75) is 13.0 Å². The van der Waals surface area contributed by atoms with E-state index in [9.17, 15) is 5.11 Å². The fourth-order valence-corrected chi connectivity index (χ4v) is 1.73. The summed E-state index contributed by atoms with van der Waals surface area (Å²) in [6, 6.07) is 5.93. The number of aromatic hydroxyl groups is 1. The van der Waals surface area contributed by atoms with Gasteiger partial charge in [-0.2, -0.15) is 0 Å². The summed E-state index contributed by atoms with van der Waals surface area (Å²) in [7, 11) is 0. The van der Waals surface area contributed by atoms with E-state index in [-0.39, 0.29) is 6.04 Å². The van der Waals surface area contributed by atoms with Crippen molar-refractivity contribution in [1.82, 2.24) is 5.32 Å². The van der Waals surface area contributed by atoms with Crippen LogP contribution in [-0.2, 0) is 4.74 Å². The minimum Gasteiger partial charge on any atom is -0.507 e. The summed E-state index contributed by atoms with van der Waals surface area (Å²) in [5.74, 6) is 0.385. The van der Waals surface area contributed by atoms with Gasteiger partial charge in [-0.1, -0.05) is 18.2 Å². The topological polar surface area (TPSA) is 41.5 Å². The number of phenolic OH excluding ortho intramolecular Hbond substituents is 1. The van der Waals surface area contributed by atoms with Gasteiger partial charge < -0.3 is 15.2 Å². The Morgan fingerprint density at radius 2 is 2.36 bits per heavy atom. The van der Waals surface area contributed by atoms with E-state index in [1.54, 1.807) is 0 Å². The van der Waals surface area contributed by atoms with Crippen LogP contribution in [0.3, 0.4) is 0 Å². The molecule has 1 aliphatic heterocycles. The summed E-state index contributed by atoms with van der Waals surface area (Å²) in [6.45, 7) is 4.14. The molecular formula is C11H15NO2. The molecular weight excluding hydrogens is 178 g/mol. The molecule has 3 nitrogen and oxygen atoms in total. The van der Waals surface area contributed by atoms with Crippen LogP contribution in [0.15, 0.2) is 18.2 Å². The first kappa shape index (κ1) is 9.49. The van der Waals surface area contributed by atoms with Gasteiger partial charge in [0.25, 0.3) is 0 Å². The summed E-state index contributed by atoms with van der Waals surface area (Å²) in [5, 5.41) is 13.2. The van der Waals surface area contributed by atoms with Crippen molar-refractivity contribution in [3.63, 3.8) is 0 Å². The maximum Gasteiger partial charge on any atom is 0.123 e. The van der Waals surface area contributed by atoms with Crippen molar-refractivity contribution < 1.29 is 9.84 Å². The van der Waals surface area contributed by atoms with E-state index in [2.05, 4.69) is 5.32 Å². The van der Waals surface area contributed by atoms with Crippen molar-refractivity contribution >= 4 is 0 Å². The lowest BCUT2D eigenvalue weighted by Gasteiger charge is -2.25. The number of para-hydroxylation sites is 1. The number of phenols is 1. The molecule has 1 heterocycles. The molecule has 0 amide bonds. The van der Waals surface area contributed by atoms with Gasteiger partial charge in [0.05, 0.1) is 19.3 Å². The van der Waals surface area contributed by atoms with E-state index in [1.165, 1.54) is 0 Å². The largest absolute Gasteiger partial charge is 0.507 e. The van der Waals surface area contributed by atoms with Crippen LogP contribution in [0.4, 0.5) is 0 Å². The molecule has 14 heavy (non-hydrogen) atoms. The first-order chi connectivity index (χ1) is 6.79. The zero-order valence-electron chi connectivity index (χ0n) is 8.29. The average Bonchev–Trinajstić information content (AvgIpc) is 2.23. The van der Waals surface area contributed by atoms with Gasteiger partial charge in [0.1, 0.15) is 5.75 Å². The van der Waals surface area contributed by atoms with Gasteiger partial charge in [-0.05, 0) is 12.5 Å². The van der Waals surface area contributed by atoms with Crippen LogP contribution in [-0.4, -0.2) is 24.9 Å². The third kappa shape index (κ3) is 1.74. The first-order valence-electron chi connectivity index (χ1n) is 4.88. The van der Waals surface area contributed by atoms with Crippen LogP contribution in [0, 0.1) is 6.92 Å². The molecule has 2 rings (SSSR count). The molecule has 1 saturated heterocycles. The van der Waals surface area contributed by atoms with Crippen molar-refractivity contribution in [1.29, 1.82) is 0 Å². The normalized spacial score (nSPS) is 22.2. The molecule has 1 aromatic rings. The highest BCUT2D eigenvalue weighted by Gasteiger charge is 2.18. The number of rotatable bonds is 1. The minimum absolute atomic E-state index is 0.128. The fraction of sp³-hybridized carbons (Fsp3) is 0.455. The molecule has 0 spiro atoms. The lowest BCUT2D eigenvalue weighted by atomic mass is 10.0. The van der Waals surface area contributed by atoms with Crippen LogP contribution >= 0.6 is 0 Å². The number of hydrogen-bond acceptors (Lipinski definition) is 3. The number of aryl methyl sites for hydroxylation is 1. The zero-order valence-corrected chi connectivity index (χ0v) is 8.29. The molecule has 0 radical (unpaired) electrons. The molecule has 1 atom stereocenters. The van der Waals surface area contributed by atoms with Crippen molar-refractivity contribution in [2.75, 3.05) is 19.8 Å². The smallest absolute Gasteiger partial charge is 0.123 e. The van der Waals surface area contributed by atoms with E-state index in [1.807, 2.05) is 25.1 Å². The monoisotopic (exact) mass is 193 g/mol. The van der Waals surface area contributed by atoms with Crippen LogP contribution in [0.25, 0.3) is 0 Å². The Labute approximate surface area is 83.7 Å². The van der Waals surface area contributed by atoms with E-state index in [4.69, 9.17) is 4.74 Å². The molecule has 1 aliphatic rings. The molecule has 76 valence electrons. The molecule has 3 heteroatoms. The van der Waals surface area contributed by atoms with Crippen LogP contribution in [0.2, 0.25) is 0 Å². The Kier molecular flexibility index (Phi) is 2.70. The summed E-state index contributed by atoms with van der Waals surface area (Å²) in [5.41, 5.74) is 1.85. The minimum atomic E-state index is 0.128. The second-order valence-corrected chi connectivity index (χ2v) is 3.59. The van der Waals surface area contributed by atoms with Gasteiger partial charge >= 0.3 is 0 Å². The highest BCUT2D eigenvalue weighted by atomic mass is 16.5. The van der Waals surface area contributed by atoms with Gasteiger partial charge in [-0.25, -0.2) is 0 Å². The molecule has 2 N–H and O–H groups in total. The number of nitrogens with one attached hydrogen (secondary N) is 1. The summed E-state index contributed by atoms with van der Waals surface area (Å²) < 4.78 is 5.36. The van der Waals surface area contributed by atoms with Crippen molar-refractivity contribution in [3.05, 3.63) is 29.3 Å². The second kappa shape index (κ2) is 3.98. The van der Waals surface area contributed by atoms with Crippen LogP contribution in [0.1, 0.15) is 17.2 Å². The fourth-order valence-electron chi connectivity index (χ4n) is 1.73. The zero-order chi connectivity index (χ0) is 9.97. The molecule has 0 saturated carbocycles. The van der Waals surface area contributed by atoms with E-state index in [0.29, 0.717) is 12.4 Å². The van der Waals surface area contributed by atoms with E-state index >= 15 is 0 Å². The number of benzene rings is 1. The third-order valence-corrected chi connectivity index (χ3v) is 2.57. The third-order valence-electron chi connectivity index (χ3n) is 2.57. The van der Waals surface area contributed by atoms with Gasteiger partial charge in [-0.15, -0.1) is 0 Å². The predicted octanol–water partition coefficient (Wildman–Crippen LogP) is 1.36. The average molecular weight is 193 g/mol. The molecule has 0 aliphatic carbocycles. The number of hydrogen-bond donors (Lipinski definition) is 2. The Bertz CT molecular complexity index is 319. The lowest BCUT2D eigenvalue weighted by molar-refractivity contribution is 0.0760. The predicted molar refractivity (Wildman–Crippen MR) is 54.4 cm³/mol. The Hall–Kier alpha value is -1.06. The Balaban J connectivity index is 2.26. The van der Waals surface area contributed by atoms with Gasteiger partial charge in [-0.3, -0.25) is 0 Å².